The van der Waals surface area contributed by atoms with Crippen molar-refractivity contribution in [3.8, 4) is 0 Å². The minimum absolute atomic E-state index is 0.487. The maximum Gasteiger partial charge on any atom is 0.130 e. The summed E-state index contributed by atoms with van der Waals surface area (Å²) in [5.41, 5.74) is 1.24. The number of pyridine rings is 1. The molecule has 0 radical (unpaired) electrons. The normalized spacial score (nSPS) is 10.7. The zero-order valence-electron chi connectivity index (χ0n) is 9.21. The summed E-state index contributed by atoms with van der Waals surface area (Å²) >= 11 is 3.42. The second kappa shape index (κ2) is 4.78. The van der Waals surface area contributed by atoms with Gasteiger partial charge in [0.1, 0.15) is 10.4 Å². The van der Waals surface area contributed by atoms with Gasteiger partial charge in [0.25, 0.3) is 0 Å². The SMILES string of the molecule is CCN(c1cc(C)cc(Br)n1)C(C)C. The van der Waals surface area contributed by atoms with Crippen LogP contribution in [-0.4, -0.2) is 17.6 Å². The van der Waals surface area contributed by atoms with Gasteiger partial charge in [-0.05, 0) is 61.3 Å². The van der Waals surface area contributed by atoms with Crippen LogP contribution in [0.2, 0.25) is 0 Å². The number of aromatic nitrogens is 1. The van der Waals surface area contributed by atoms with Crippen molar-refractivity contribution in [3.05, 3.63) is 22.3 Å². The third-order valence-electron chi connectivity index (χ3n) is 2.18. The molecule has 0 amide bonds. The predicted molar refractivity (Wildman–Crippen MR) is 64.8 cm³/mol. The molecular formula is C11H17BrN2. The van der Waals surface area contributed by atoms with Crippen LogP contribution in [0.25, 0.3) is 0 Å². The molecule has 1 aromatic heterocycles. The lowest BCUT2D eigenvalue weighted by Gasteiger charge is -2.26. The fraction of sp³-hybridized carbons (Fsp3) is 0.545. The predicted octanol–water partition coefficient (Wildman–Crippen LogP) is 3.39. The summed E-state index contributed by atoms with van der Waals surface area (Å²) in [6.07, 6.45) is 0. The van der Waals surface area contributed by atoms with Gasteiger partial charge in [-0.15, -0.1) is 0 Å². The molecule has 0 aliphatic heterocycles. The van der Waals surface area contributed by atoms with Crippen LogP contribution in [-0.2, 0) is 0 Å². The highest BCUT2D eigenvalue weighted by atomic mass is 79.9. The van der Waals surface area contributed by atoms with Crippen molar-refractivity contribution in [1.29, 1.82) is 0 Å². The summed E-state index contributed by atoms with van der Waals surface area (Å²) in [6, 6.07) is 4.63. The largest absolute Gasteiger partial charge is 0.354 e. The van der Waals surface area contributed by atoms with Crippen LogP contribution in [0.3, 0.4) is 0 Å². The Morgan fingerprint density at radius 3 is 2.50 bits per heavy atom. The number of hydrogen-bond donors (Lipinski definition) is 0. The van der Waals surface area contributed by atoms with E-state index in [0.29, 0.717) is 6.04 Å². The number of nitrogens with zero attached hydrogens (tertiary/aromatic N) is 2. The van der Waals surface area contributed by atoms with Gasteiger partial charge in [-0.1, -0.05) is 0 Å². The Kier molecular flexibility index (Phi) is 3.93. The van der Waals surface area contributed by atoms with E-state index in [1.165, 1.54) is 5.56 Å². The summed E-state index contributed by atoms with van der Waals surface area (Å²) in [5.74, 6) is 1.05. The van der Waals surface area contributed by atoms with Gasteiger partial charge in [-0.3, -0.25) is 0 Å². The van der Waals surface area contributed by atoms with E-state index < -0.39 is 0 Å². The number of rotatable bonds is 3. The molecule has 1 rings (SSSR count). The first-order chi connectivity index (χ1) is 6.54. The van der Waals surface area contributed by atoms with E-state index in [4.69, 9.17) is 0 Å². The van der Waals surface area contributed by atoms with E-state index in [2.05, 4.69) is 59.6 Å². The van der Waals surface area contributed by atoms with Gasteiger partial charge in [0.05, 0.1) is 0 Å². The van der Waals surface area contributed by atoms with E-state index in [1.54, 1.807) is 0 Å². The molecule has 0 unspecified atom stereocenters. The van der Waals surface area contributed by atoms with E-state index in [-0.39, 0.29) is 0 Å². The monoisotopic (exact) mass is 256 g/mol. The van der Waals surface area contributed by atoms with Crippen molar-refractivity contribution in [2.24, 2.45) is 0 Å². The van der Waals surface area contributed by atoms with Gasteiger partial charge >= 0.3 is 0 Å². The molecule has 3 heteroatoms. The number of hydrogen-bond acceptors (Lipinski definition) is 2. The number of halogens is 1. The lowest BCUT2D eigenvalue weighted by atomic mass is 10.2. The Hall–Kier alpha value is -0.570. The average Bonchev–Trinajstić information content (AvgIpc) is 2.02. The molecule has 2 nitrogen and oxygen atoms in total. The first-order valence-corrected chi connectivity index (χ1v) is 5.74. The molecule has 0 atom stereocenters. The molecule has 0 aromatic carbocycles. The maximum atomic E-state index is 4.47. The highest BCUT2D eigenvalue weighted by Crippen LogP contribution is 2.19. The zero-order valence-corrected chi connectivity index (χ0v) is 10.8. The second-order valence-electron chi connectivity index (χ2n) is 3.71. The fourth-order valence-electron chi connectivity index (χ4n) is 1.55. The van der Waals surface area contributed by atoms with Crippen LogP contribution in [0.5, 0.6) is 0 Å². The third-order valence-corrected chi connectivity index (χ3v) is 2.59. The molecule has 1 aromatic rings. The Morgan fingerprint density at radius 2 is 2.07 bits per heavy atom. The second-order valence-corrected chi connectivity index (χ2v) is 4.52. The smallest absolute Gasteiger partial charge is 0.130 e. The summed E-state index contributed by atoms with van der Waals surface area (Å²) in [7, 11) is 0. The van der Waals surface area contributed by atoms with E-state index in [1.807, 2.05) is 6.07 Å². The molecule has 14 heavy (non-hydrogen) atoms. The summed E-state index contributed by atoms with van der Waals surface area (Å²) in [5, 5.41) is 0. The topological polar surface area (TPSA) is 16.1 Å². The molecule has 0 saturated carbocycles. The first-order valence-electron chi connectivity index (χ1n) is 4.95. The summed E-state index contributed by atoms with van der Waals surface area (Å²) in [6.45, 7) is 9.59. The van der Waals surface area contributed by atoms with Gasteiger partial charge in [-0.25, -0.2) is 4.98 Å². The molecule has 0 saturated heterocycles. The zero-order chi connectivity index (χ0) is 10.7. The Bertz CT molecular complexity index is 290. The average molecular weight is 257 g/mol. The highest BCUT2D eigenvalue weighted by molar-refractivity contribution is 9.10. The first kappa shape index (κ1) is 11.5. The highest BCUT2D eigenvalue weighted by Gasteiger charge is 2.10. The van der Waals surface area contributed by atoms with Crippen LogP contribution in [0.1, 0.15) is 26.3 Å². The molecule has 78 valence electrons. The standard InChI is InChI=1S/C11H17BrN2/c1-5-14(8(2)3)11-7-9(4)6-10(12)13-11/h6-8H,5H2,1-4H3. The fourth-order valence-corrected chi connectivity index (χ4v) is 2.09. The van der Waals surface area contributed by atoms with Gasteiger partial charge < -0.3 is 4.90 Å². The van der Waals surface area contributed by atoms with Crippen molar-refractivity contribution >= 4 is 21.7 Å². The van der Waals surface area contributed by atoms with Crippen LogP contribution < -0.4 is 4.90 Å². The van der Waals surface area contributed by atoms with E-state index in [9.17, 15) is 0 Å². The minimum atomic E-state index is 0.487. The molecule has 1 heterocycles. The molecule has 0 N–H and O–H groups in total. The van der Waals surface area contributed by atoms with Gasteiger partial charge in [-0.2, -0.15) is 0 Å². The van der Waals surface area contributed by atoms with Crippen LogP contribution in [0.4, 0.5) is 5.82 Å². The number of anilines is 1. The minimum Gasteiger partial charge on any atom is -0.354 e. The third kappa shape index (κ3) is 2.71. The van der Waals surface area contributed by atoms with Crippen molar-refractivity contribution in [2.75, 3.05) is 11.4 Å². The van der Waals surface area contributed by atoms with Gasteiger partial charge in [0.15, 0.2) is 0 Å². The van der Waals surface area contributed by atoms with Crippen LogP contribution in [0.15, 0.2) is 16.7 Å². The van der Waals surface area contributed by atoms with Crippen molar-refractivity contribution < 1.29 is 0 Å². The van der Waals surface area contributed by atoms with Crippen molar-refractivity contribution in [3.63, 3.8) is 0 Å². The van der Waals surface area contributed by atoms with Crippen LogP contribution in [0, 0.1) is 6.92 Å². The van der Waals surface area contributed by atoms with Gasteiger partial charge in [0.2, 0.25) is 0 Å². The Morgan fingerprint density at radius 1 is 1.43 bits per heavy atom. The van der Waals surface area contributed by atoms with Crippen molar-refractivity contribution in [2.45, 2.75) is 33.7 Å². The lowest BCUT2D eigenvalue weighted by Crippen LogP contribution is -2.31. The molecule has 0 aliphatic carbocycles. The van der Waals surface area contributed by atoms with E-state index >= 15 is 0 Å². The van der Waals surface area contributed by atoms with Crippen LogP contribution >= 0.6 is 15.9 Å². The summed E-state index contributed by atoms with van der Waals surface area (Å²) in [4.78, 5) is 6.74. The van der Waals surface area contributed by atoms with Crippen molar-refractivity contribution in [1.82, 2.24) is 4.98 Å². The summed E-state index contributed by atoms with van der Waals surface area (Å²) < 4.78 is 0.909. The molecule has 0 aliphatic rings. The van der Waals surface area contributed by atoms with E-state index in [0.717, 1.165) is 17.0 Å². The molecule has 0 fully saturated rings. The molecular weight excluding hydrogens is 240 g/mol. The lowest BCUT2D eigenvalue weighted by molar-refractivity contribution is 0.692. The molecule has 0 spiro atoms. The quantitative estimate of drug-likeness (QED) is 0.771. The Labute approximate surface area is 94.5 Å². The Balaban J connectivity index is 3.04. The molecule has 0 bridgehead atoms. The maximum absolute atomic E-state index is 4.47. The number of aryl methyl sites for hydroxylation is 1. The van der Waals surface area contributed by atoms with Gasteiger partial charge in [0, 0.05) is 12.6 Å².